The summed E-state index contributed by atoms with van der Waals surface area (Å²) in [5.74, 6) is -0.572. The van der Waals surface area contributed by atoms with Crippen LogP contribution in [-0.2, 0) is 19.0 Å². The number of allylic oxidation sites excluding steroid dienone is 1. The van der Waals surface area contributed by atoms with Gasteiger partial charge < -0.3 is 14.2 Å². The fraction of sp³-hybridized carbons (Fsp3) is 0.583. The van der Waals surface area contributed by atoms with Gasteiger partial charge in [-0.3, -0.25) is 0 Å². The van der Waals surface area contributed by atoms with Gasteiger partial charge in [0.25, 0.3) is 0 Å². The molecule has 176 valence electrons. The van der Waals surface area contributed by atoms with Crippen molar-refractivity contribution in [1.82, 2.24) is 14.6 Å². The number of rotatable bonds is 9. The molecule has 0 bridgehead atoms. The maximum atomic E-state index is 12.9. The first-order chi connectivity index (χ1) is 15.0. The number of fused-ring (bicyclic) bond motifs is 1. The molecule has 1 unspecified atom stereocenters. The van der Waals surface area contributed by atoms with E-state index in [1.807, 2.05) is 39.8 Å². The summed E-state index contributed by atoms with van der Waals surface area (Å²) in [6.07, 6.45) is 3.75. The van der Waals surface area contributed by atoms with Crippen LogP contribution in [0, 0.1) is 12.8 Å². The molecule has 0 spiro atoms. The quantitative estimate of drug-likeness (QED) is 0.517. The second-order valence-corrected chi connectivity index (χ2v) is 8.91. The van der Waals surface area contributed by atoms with Crippen LogP contribution in [0.1, 0.15) is 88.4 Å². The van der Waals surface area contributed by atoms with Crippen molar-refractivity contribution >= 4 is 23.7 Å². The number of hydrogen-bond donors (Lipinski definition) is 0. The summed E-state index contributed by atoms with van der Waals surface area (Å²) < 4.78 is 18.1. The summed E-state index contributed by atoms with van der Waals surface area (Å²) >= 11 is 0. The van der Waals surface area contributed by atoms with Crippen LogP contribution in [0.3, 0.4) is 0 Å². The van der Waals surface area contributed by atoms with Crippen LogP contribution in [0.5, 0.6) is 0 Å². The maximum absolute atomic E-state index is 12.9. The molecule has 0 amide bonds. The van der Waals surface area contributed by atoms with Crippen molar-refractivity contribution in [3.05, 3.63) is 34.8 Å². The third-order valence-corrected chi connectivity index (χ3v) is 4.47. The molecule has 2 aromatic rings. The van der Waals surface area contributed by atoms with Gasteiger partial charge in [0, 0.05) is 17.3 Å². The number of carbonyl (C=O) groups excluding carboxylic acids is 2. The Morgan fingerprint density at radius 2 is 1.81 bits per heavy atom. The monoisotopic (exact) mass is 445 g/mol. The second-order valence-electron chi connectivity index (χ2n) is 8.91. The standard InChI is InChI=1S/C24H35N3O5/c1-9-30-22(28)17-14-19-25-16(5)20(18(27(19)26-17)13-11-12-15(3)4)21(23(29)31-10-2)32-24(6,7)8/h11,13-15,21H,9-10,12H2,1-8H3. The number of aromatic nitrogens is 3. The third-order valence-electron chi connectivity index (χ3n) is 4.47. The van der Waals surface area contributed by atoms with Gasteiger partial charge in [-0.25, -0.2) is 19.1 Å². The molecule has 0 aliphatic carbocycles. The third kappa shape index (κ3) is 6.38. The summed E-state index contributed by atoms with van der Waals surface area (Å²) in [5, 5.41) is 4.44. The van der Waals surface area contributed by atoms with Crippen molar-refractivity contribution in [3.8, 4) is 0 Å². The lowest BCUT2D eigenvalue weighted by molar-refractivity contribution is -0.167. The van der Waals surface area contributed by atoms with Crippen LogP contribution in [0.25, 0.3) is 11.7 Å². The summed E-state index contributed by atoms with van der Waals surface area (Å²) in [6, 6.07) is 1.58. The van der Waals surface area contributed by atoms with Gasteiger partial charge >= 0.3 is 11.9 Å². The molecule has 32 heavy (non-hydrogen) atoms. The Labute approximate surface area is 190 Å². The zero-order valence-electron chi connectivity index (χ0n) is 20.4. The van der Waals surface area contributed by atoms with E-state index in [0.717, 1.165) is 6.42 Å². The van der Waals surface area contributed by atoms with Crippen molar-refractivity contribution in [2.75, 3.05) is 13.2 Å². The summed E-state index contributed by atoms with van der Waals surface area (Å²) in [6.45, 7) is 15.6. The molecule has 0 fully saturated rings. The van der Waals surface area contributed by atoms with Crippen LogP contribution in [0.4, 0.5) is 0 Å². The first kappa shape index (κ1) is 25.5. The Balaban J connectivity index is 2.77. The fourth-order valence-corrected chi connectivity index (χ4v) is 3.20. The molecule has 0 N–H and O–H groups in total. The zero-order chi connectivity index (χ0) is 24.1. The van der Waals surface area contributed by atoms with Crippen LogP contribution in [0.2, 0.25) is 0 Å². The SMILES string of the molecule is CCOC(=O)c1cc2nc(C)c(C(OC(C)(C)C)C(=O)OCC)c(C=CCC(C)C)n2n1. The highest BCUT2D eigenvalue weighted by atomic mass is 16.6. The number of hydrogen-bond acceptors (Lipinski definition) is 7. The first-order valence-corrected chi connectivity index (χ1v) is 11.1. The van der Waals surface area contributed by atoms with Gasteiger partial charge in [-0.2, -0.15) is 5.10 Å². The Hall–Kier alpha value is -2.74. The molecule has 0 saturated carbocycles. The summed E-state index contributed by atoms with van der Waals surface area (Å²) in [4.78, 5) is 29.8. The lowest BCUT2D eigenvalue weighted by atomic mass is 10.0. The maximum Gasteiger partial charge on any atom is 0.358 e. The molecule has 0 aliphatic heterocycles. The van der Waals surface area contributed by atoms with E-state index < -0.39 is 23.6 Å². The Morgan fingerprint density at radius 1 is 1.16 bits per heavy atom. The van der Waals surface area contributed by atoms with Crippen molar-refractivity contribution in [1.29, 1.82) is 0 Å². The predicted octanol–water partition coefficient (Wildman–Crippen LogP) is 4.69. The molecule has 0 saturated heterocycles. The number of carbonyl (C=O) groups is 2. The average Bonchev–Trinajstić information content (AvgIpc) is 3.09. The molecule has 8 nitrogen and oxygen atoms in total. The van der Waals surface area contributed by atoms with E-state index in [4.69, 9.17) is 14.2 Å². The van der Waals surface area contributed by atoms with Crippen LogP contribution < -0.4 is 0 Å². The van der Waals surface area contributed by atoms with E-state index in [9.17, 15) is 9.59 Å². The van der Waals surface area contributed by atoms with Crippen LogP contribution in [0.15, 0.2) is 12.1 Å². The smallest absolute Gasteiger partial charge is 0.358 e. The van der Waals surface area contributed by atoms with E-state index >= 15 is 0 Å². The highest BCUT2D eigenvalue weighted by Gasteiger charge is 2.33. The molecule has 2 heterocycles. The first-order valence-electron chi connectivity index (χ1n) is 11.1. The topological polar surface area (TPSA) is 92.0 Å². The Bertz CT molecular complexity index is 986. The van der Waals surface area contributed by atoms with Crippen molar-refractivity contribution < 1.29 is 23.8 Å². The van der Waals surface area contributed by atoms with Gasteiger partial charge in [-0.1, -0.05) is 19.9 Å². The van der Waals surface area contributed by atoms with Crippen molar-refractivity contribution in [3.63, 3.8) is 0 Å². The lowest BCUT2D eigenvalue weighted by Crippen LogP contribution is -2.30. The van der Waals surface area contributed by atoms with E-state index in [0.29, 0.717) is 28.5 Å². The number of ether oxygens (including phenoxy) is 3. The highest BCUT2D eigenvalue weighted by molar-refractivity contribution is 5.88. The fourth-order valence-electron chi connectivity index (χ4n) is 3.20. The van der Waals surface area contributed by atoms with Gasteiger partial charge in [0.1, 0.15) is 0 Å². The lowest BCUT2D eigenvalue weighted by Gasteiger charge is -2.28. The molecular weight excluding hydrogens is 410 g/mol. The van der Waals surface area contributed by atoms with Gasteiger partial charge in [-0.05, 0) is 60.0 Å². The van der Waals surface area contributed by atoms with Gasteiger partial charge in [0.2, 0.25) is 0 Å². The average molecular weight is 446 g/mol. The van der Waals surface area contributed by atoms with E-state index in [1.54, 1.807) is 24.4 Å². The molecule has 2 rings (SSSR count). The largest absolute Gasteiger partial charge is 0.464 e. The zero-order valence-corrected chi connectivity index (χ0v) is 20.4. The molecular formula is C24H35N3O5. The summed E-state index contributed by atoms with van der Waals surface area (Å²) in [7, 11) is 0. The second kappa shape index (κ2) is 10.7. The normalized spacial score (nSPS) is 13.2. The number of aryl methyl sites for hydroxylation is 1. The van der Waals surface area contributed by atoms with Gasteiger partial charge in [0.05, 0.1) is 24.5 Å². The minimum absolute atomic E-state index is 0.152. The van der Waals surface area contributed by atoms with Crippen molar-refractivity contribution in [2.24, 2.45) is 5.92 Å². The molecule has 0 aliphatic rings. The molecule has 0 radical (unpaired) electrons. The molecule has 1 atom stereocenters. The van der Waals surface area contributed by atoms with Crippen LogP contribution >= 0.6 is 0 Å². The number of nitrogens with zero attached hydrogens (tertiary/aromatic N) is 3. The Kier molecular flexibility index (Phi) is 8.55. The predicted molar refractivity (Wildman–Crippen MR) is 122 cm³/mol. The number of esters is 2. The van der Waals surface area contributed by atoms with Crippen molar-refractivity contribution in [2.45, 2.75) is 73.5 Å². The Morgan fingerprint density at radius 3 is 2.38 bits per heavy atom. The van der Waals surface area contributed by atoms with E-state index in [1.165, 1.54) is 0 Å². The minimum Gasteiger partial charge on any atom is -0.464 e. The van der Waals surface area contributed by atoms with E-state index in [-0.39, 0.29) is 18.9 Å². The highest BCUT2D eigenvalue weighted by Crippen LogP contribution is 2.31. The molecule has 8 heteroatoms. The molecule has 2 aromatic heterocycles. The van der Waals surface area contributed by atoms with Crippen LogP contribution in [-0.4, -0.2) is 45.4 Å². The summed E-state index contributed by atoms with van der Waals surface area (Å²) in [5.41, 5.74) is 1.79. The van der Waals surface area contributed by atoms with Gasteiger partial charge in [0.15, 0.2) is 17.4 Å². The minimum atomic E-state index is -0.999. The molecule has 0 aromatic carbocycles. The van der Waals surface area contributed by atoms with E-state index in [2.05, 4.69) is 23.9 Å². The van der Waals surface area contributed by atoms with Gasteiger partial charge in [-0.15, -0.1) is 0 Å².